The van der Waals surface area contributed by atoms with Gasteiger partial charge in [-0.2, -0.15) is 0 Å². The molecule has 19 heavy (non-hydrogen) atoms. The molecule has 0 bridgehead atoms. The summed E-state index contributed by atoms with van der Waals surface area (Å²) in [5.41, 5.74) is 9.09. The molecule has 0 saturated heterocycles. The maximum absolute atomic E-state index is 5.76. The van der Waals surface area contributed by atoms with Crippen LogP contribution >= 0.6 is 0 Å². The van der Waals surface area contributed by atoms with E-state index < -0.39 is 0 Å². The predicted octanol–water partition coefficient (Wildman–Crippen LogP) is 2.89. The van der Waals surface area contributed by atoms with Gasteiger partial charge in [0.25, 0.3) is 0 Å². The quantitative estimate of drug-likeness (QED) is 0.897. The highest BCUT2D eigenvalue weighted by molar-refractivity contribution is 5.43. The van der Waals surface area contributed by atoms with Crippen molar-refractivity contribution in [1.82, 2.24) is 4.98 Å². The van der Waals surface area contributed by atoms with E-state index in [1.54, 1.807) is 12.5 Å². The van der Waals surface area contributed by atoms with Crippen LogP contribution in [0.3, 0.4) is 0 Å². The summed E-state index contributed by atoms with van der Waals surface area (Å²) in [7, 11) is 2.03. The predicted molar refractivity (Wildman–Crippen MR) is 77.0 cm³/mol. The minimum absolute atomic E-state index is 0.396. The van der Waals surface area contributed by atoms with Crippen LogP contribution in [0.1, 0.15) is 36.6 Å². The second-order valence-corrected chi connectivity index (χ2v) is 5.10. The number of aromatic nitrogens is 1. The highest BCUT2D eigenvalue weighted by atomic mass is 16.3. The van der Waals surface area contributed by atoms with Crippen LogP contribution in [-0.2, 0) is 13.1 Å². The van der Waals surface area contributed by atoms with Gasteiger partial charge in [-0.05, 0) is 29.7 Å². The van der Waals surface area contributed by atoms with Gasteiger partial charge >= 0.3 is 0 Å². The number of anilines is 1. The van der Waals surface area contributed by atoms with E-state index in [-0.39, 0.29) is 0 Å². The summed E-state index contributed by atoms with van der Waals surface area (Å²) in [4.78, 5) is 6.81. The third-order valence-corrected chi connectivity index (χ3v) is 3.11. The summed E-state index contributed by atoms with van der Waals surface area (Å²) in [5, 5.41) is 0. The van der Waals surface area contributed by atoms with Crippen LogP contribution in [-0.4, -0.2) is 12.0 Å². The molecule has 2 rings (SSSR count). The fraction of sp³-hybridized carbons (Fsp3) is 0.400. The Morgan fingerprint density at radius 2 is 2.11 bits per heavy atom. The summed E-state index contributed by atoms with van der Waals surface area (Å²) >= 11 is 0. The zero-order chi connectivity index (χ0) is 13.8. The van der Waals surface area contributed by atoms with E-state index in [2.05, 4.69) is 24.8 Å². The monoisotopic (exact) mass is 259 g/mol. The average Bonchev–Trinajstić information content (AvgIpc) is 2.90. The van der Waals surface area contributed by atoms with Gasteiger partial charge < -0.3 is 15.1 Å². The summed E-state index contributed by atoms with van der Waals surface area (Å²) in [6, 6.07) is 6.10. The average molecular weight is 259 g/mol. The molecule has 0 aliphatic carbocycles. The van der Waals surface area contributed by atoms with Gasteiger partial charge in [0.05, 0.1) is 12.5 Å². The highest BCUT2D eigenvalue weighted by Gasteiger charge is 2.10. The van der Waals surface area contributed by atoms with Gasteiger partial charge in [-0.15, -0.1) is 0 Å². The van der Waals surface area contributed by atoms with Crippen molar-refractivity contribution in [2.24, 2.45) is 5.73 Å². The first-order valence-corrected chi connectivity index (χ1v) is 6.53. The van der Waals surface area contributed by atoms with Crippen molar-refractivity contribution >= 4 is 5.82 Å². The SMILES string of the molecule is CC(C)c1cc(CN)cc(N(C)Cc2ccoc2)n1. The fourth-order valence-electron chi connectivity index (χ4n) is 1.94. The molecule has 2 aromatic heterocycles. The summed E-state index contributed by atoms with van der Waals surface area (Å²) in [6.45, 7) is 5.59. The molecule has 0 aliphatic heterocycles. The van der Waals surface area contributed by atoms with Gasteiger partial charge in [-0.25, -0.2) is 4.98 Å². The topological polar surface area (TPSA) is 55.3 Å². The molecule has 2 aromatic rings. The van der Waals surface area contributed by atoms with Crippen molar-refractivity contribution in [2.75, 3.05) is 11.9 Å². The minimum atomic E-state index is 0.396. The lowest BCUT2D eigenvalue weighted by molar-refractivity contribution is 0.563. The molecule has 0 aliphatic rings. The van der Waals surface area contributed by atoms with Crippen molar-refractivity contribution in [3.63, 3.8) is 0 Å². The van der Waals surface area contributed by atoms with Crippen LogP contribution in [0.5, 0.6) is 0 Å². The first-order valence-electron chi connectivity index (χ1n) is 6.53. The number of pyridine rings is 1. The molecule has 2 heterocycles. The van der Waals surface area contributed by atoms with Crippen molar-refractivity contribution in [3.8, 4) is 0 Å². The molecular weight excluding hydrogens is 238 g/mol. The van der Waals surface area contributed by atoms with Crippen LogP contribution < -0.4 is 10.6 Å². The maximum Gasteiger partial charge on any atom is 0.129 e. The first-order chi connectivity index (χ1) is 9.10. The number of nitrogens with two attached hydrogens (primary N) is 1. The van der Waals surface area contributed by atoms with Crippen molar-refractivity contribution in [2.45, 2.75) is 32.9 Å². The van der Waals surface area contributed by atoms with Gasteiger partial charge in [0.1, 0.15) is 5.82 Å². The van der Waals surface area contributed by atoms with Crippen molar-refractivity contribution in [1.29, 1.82) is 0 Å². The number of hydrogen-bond donors (Lipinski definition) is 1. The Morgan fingerprint density at radius 3 is 2.68 bits per heavy atom. The molecule has 4 nitrogen and oxygen atoms in total. The standard InChI is InChI=1S/C15H21N3O/c1-11(2)14-6-13(8-16)7-15(17-14)18(3)9-12-4-5-19-10-12/h4-7,10-11H,8-9,16H2,1-3H3. The van der Waals surface area contributed by atoms with E-state index in [9.17, 15) is 0 Å². The lowest BCUT2D eigenvalue weighted by Gasteiger charge is -2.20. The second-order valence-electron chi connectivity index (χ2n) is 5.10. The minimum Gasteiger partial charge on any atom is -0.472 e. The molecule has 102 valence electrons. The smallest absolute Gasteiger partial charge is 0.129 e. The van der Waals surface area contributed by atoms with Gasteiger partial charge in [-0.3, -0.25) is 0 Å². The lowest BCUT2D eigenvalue weighted by atomic mass is 10.1. The zero-order valence-electron chi connectivity index (χ0n) is 11.8. The molecule has 0 unspecified atom stereocenters. The van der Waals surface area contributed by atoms with E-state index in [0.29, 0.717) is 12.5 Å². The van der Waals surface area contributed by atoms with E-state index in [0.717, 1.165) is 29.2 Å². The Morgan fingerprint density at radius 1 is 1.32 bits per heavy atom. The normalized spacial score (nSPS) is 11.0. The first kappa shape index (κ1) is 13.6. The van der Waals surface area contributed by atoms with Crippen LogP contribution in [0.25, 0.3) is 0 Å². The van der Waals surface area contributed by atoms with E-state index >= 15 is 0 Å². The Kier molecular flexibility index (Phi) is 4.22. The molecular formula is C15H21N3O. The van der Waals surface area contributed by atoms with E-state index in [1.807, 2.05) is 19.2 Å². The largest absolute Gasteiger partial charge is 0.472 e. The number of furan rings is 1. The molecule has 4 heteroatoms. The fourth-order valence-corrected chi connectivity index (χ4v) is 1.94. The Labute approximate surface area is 114 Å². The number of rotatable bonds is 5. The lowest BCUT2D eigenvalue weighted by Crippen LogP contribution is -2.18. The third-order valence-electron chi connectivity index (χ3n) is 3.11. The van der Waals surface area contributed by atoms with Crippen LogP contribution in [0.2, 0.25) is 0 Å². The Bertz CT molecular complexity index is 520. The second kappa shape index (κ2) is 5.89. The molecule has 0 spiro atoms. The molecule has 0 amide bonds. The van der Waals surface area contributed by atoms with E-state index in [4.69, 9.17) is 15.1 Å². The van der Waals surface area contributed by atoms with Gasteiger partial charge in [0, 0.05) is 31.4 Å². The highest BCUT2D eigenvalue weighted by Crippen LogP contribution is 2.20. The molecule has 0 aromatic carbocycles. The molecule has 0 saturated carbocycles. The zero-order valence-corrected chi connectivity index (χ0v) is 11.8. The molecule has 0 radical (unpaired) electrons. The van der Waals surface area contributed by atoms with Crippen molar-refractivity contribution in [3.05, 3.63) is 47.5 Å². The van der Waals surface area contributed by atoms with Gasteiger partial charge in [0.2, 0.25) is 0 Å². The van der Waals surface area contributed by atoms with Crippen LogP contribution in [0, 0.1) is 0 Å². The van der Waals surface area contributed by atoms with Crippen LogP contribution in [0.4, 0.5) is 5.82 Å². The summed E-state index contributed by atoms with van der Waals surface area (Å²) in [6.07, 6.45) is 3.44. The van der Waals surface area contributed by atoms with Crippen LogP contribution in [0.15, 0.2) is 35.1 Å². The summed E-state index contributed by atoms with van der Waals surface area (Å²) in [5.74, 6) is 1.35. The maximum atomic E-state index is 5.76. The van der Waals surface area contributed by atoms with Crippen molar-refractivity contribution < 1.29 is 4.42 Å². The Hall–Kier alpha value is -1.81. The van der Waals surface area contributed by atoms with E-state index in [1.165, 1.54) is 0 Å². The summed E-state index contributed by atoms with van der Waals surface area (Å²) < 4.78 is 5.09. The molecule has 0 fully saturated rings. The molecule has 2 N–H and O–H groups in total. The van der Waals surface area contributed by atoms with Gasteiger partial charge in [0.15, 0.2) is 0 Å². The number of nitrogens with zero attached hydrogens (tertiary/aromatic N) is 2. The third kappa shape index (κ3) is 3.35. The molecule has 0 atom stereocenters. The van der Waals surface area contributed by atoms with Gasteiger partial charge in [-0.1, -0.05) is 13.8 Å². The number of hydrogen-bond acceptors (Lipinski definition) is 4. The Balaban J connectivity index is 2.24.